The zero-order valence-electron chi connectivity index (χ0n) is 16.2. The lowest BCUT2D eigenvalue weighted by Gasteiger charge is -2.28. The van der Waals surface area contributed by atoms with Crippen LogP contribution >= 0.6 is 11.6 Å². The predicted octanol–water partition coefficient (Wildman–Crippen LogP) is 3.77. The Kier molecular flexibility index (Phi) is 6.10. The van der Waals surface area contributed by atoms with Gasteiger partial charge >= 0.3 is 0 Å². The number of aromatic nitrogens is 1. The second-order valence-corrected chi connectivity index (χ2v) is 9.15. The van der Waals surface area contributed by atoms with Crippen LogP contribution in [-0.2, 0) is 14.8 Å². The molecule has 0 radical (unpaired) electrons. The molecule has 1 aromatic heterocycles. The van der Waals surface area contributed by atoms with Crippen molar-refractivity contribution >= 4 is 33.0 Å². The average Bonchev–Trinajstić information content (AvgIpc) is 2.75. The number of hydrogen-bond donors (Lipinski definition) is 2. The van der Waals surface area contributed by atoms with Crippen molar-refractivity contribution in [3.63, 3.8) is 0 Å². The maximum atomic E-state index is 13.5. The average molecular weight is 464 g/mol. The molecule has 2 heterocycles. The molecule has 0 saturated carbocycles. The van der Waals surface area contributed by atoms with E-state index in [2.05, 4.69) is 10.3 Å². The maximum absolute atomic E-state index is 13.5. The third-order valence-corrected chi connectivity index (χ3v) is 6.63. The second kappa shape index (κ2) is 8.80. The number of aliphatic hydroxyl groups excluding tert-OH is 1. The molecule has 7 nitrogen and oxygen atoms in total. The smallest absolute Gasteiger partial charge is 0.259 e. The van der Waals surface area contributed by atoms with Crippen molar-refractivity contribution in [2.24, 2.45) is 0 Å². The van der Waals surface area contributed by atoms with Crippen molar-refractivity contribution in [2.45, 2.75) is 6.23 Å². The van der Waals surface area contributed by atoms with Crippen LogP contribution in [0.15, 0.2) is 60.8 Å². The van der Waals surface area contributed by atoms with Gasteiger partial charge in [0, 0.05) is 29.1 Å². The molecule has 0 bridgehead atoms. The summed E-state index contributed by atoms with van der Waals surface area (Å²) >= 11 is 6.24. The molecule has 1 aliphatic heterocycles. The molecule has 10 heteroatoms. The largest absolute Gasteiger partial charge is 0.369 e. The number of pyridine rings is 1. The van der Waals surface area contributed by atoms with Gasteiger partial charge in [-0.3, -0.25) is 9.29 Å². The molecule has 0 aliphatic carbocycles. The number of halogens is 2. The predicted molar refractivity (Wildman–Crippen MR) is 117 cm³/mol. The number of anilines is 2. The van der Waals surface area contributed by atoms with Crippen molar-refractivity contribution in [3.8, 4) is 11.3 Å². The Morgan fingerprint density at radius 2 is 1.94 bits per heavy atom. The van der Waals surface area contributed by atoms with Crippen LogP contribution < -0.4 is 9.62 Å². The number of aliphatic hydroxyl groups is 1. The van der Waals surface area contributed by atoms with Crippen LogP contribution in [0.1, 0.15) is 11.8 Å². The molecule has 0 spiro atoms. The quantitative estimate of drug-likeness (QED) is 0.560. The van der Waals surface area contributed by atoms with Gasteiger partial charge in [0.15, 0.2) is 12.2 Å². The molecule has 0 amide bonds. The molecule has 2 N–H and O–H groups in total. The standard InChI is InChI=1S/C21H19ClFN3O4S/c22-19-6-3-16(12-18(19)20-11-15(23)7-8-24-20)25-21(27)14-1-4-17(5-2-14)26-9-10-30-13-31(26,28)29/h1-8,11-12,21,25,27H,9-10,13H2. The first-order valence-corrected chi connectivity index (χ1v) is 11.4. The topological polar surface area (TPSA) is 91.8 Å². The Labute approximate surface area is 184 Å². The number of nitrogens with one attached hydrogen (secondary N) is 1. The highest BCUT2D eigenvalue weighted by molar-refractivity contribution is 7.92. The fourth-order valence-corrected chi connectivity index (χ4v) is 4.70. The van der Waals surface area contributed by atoms with Crippen LogP contribution in [0.25, 0.3) is 11.3 Å². The molecular formula is C21H19ClFN3O4S. The van der Waals surface area contributed by atoms with Crippen LogP contribution in [0.4, 0.5) is 15.8 Å². The zero-order valence-corrected chi connectivity index (χ0v) is 17.8. The summed E-state index contributed by atoms with van der Waals surface area (Å²) < 4.78 is 44.1. The van der Waals surface area contributed by atoms with E-state index in [1.807, 2.05) is 0 Å². The highest BCUT2D eigenvalue weighted by Crippen LogP contribution is 2.31. The van der Waals surface area contributed by atoms with Gasteiger partial charge in [0.2, 0.25) is 0 Å². The van der Waals surface area contributed by atoms with Crippen LogP contribution in [0, 0.1) is 5.82 Å². The number of benzene rings is 2. The Balaban J connectivity index is 1.52. The van der Waals surface area contributed by atoms with Gasteiger partial charge in [-0.2, -0.15) is 0 Å². The van der Waals surface area contributed by atoms with Gasteiger partial charge in [0.25, 0.3) is 10.0 Å². The fourth-order valence-electron chi connectivity index (χ4n) is 3.23. The van der Waals surface area contributed by atoms with E-state index >= 15 is 0 Å². The van der Waals surface area contributed by atoms with Gasteiger partial charge in [0.1, 0.15) is 5.82 Å². The van der Waals surface area contributed by atoms with Crippen LogP contribution in [-0.4, -0.2) is 37.6 Å². The van der Waals surface area contributed by atoms with E-state index in [1.165, 1.54) is 22.6 Å². The summed E-state index contributed by atoms with van der Waals surface area (Å²) in [5.41, 5.74) is 2.49. The number of sulfonamides is 1. The molecule has 162 valence electrons. The minimum Gasteiger partial charge on any atom is -0.369 e. The van der Waals surface area contributed by atoms with Crippen molar-refractivity contribution in [2.75, 3.05) is 28.7 Å². The first-order valence-electron chi connectivity index (χ1n) is 9.38. The summed E-state index contributed by atoms with van der Waals surface area (Å²) in [4.78, 5) is 4.14. The second-order valence-electron chi connectivity index (χ2n) is 6.90. The van der Waals surface area contributed by atoms with E-state index in [0.29, 0.717) is 39.8 Å². The van der Waals surface area contributed by atoms with Crippen molar-refractivity contribution < 1.29 is 22.7 Å². The third-order valence-electron chi connectivity index (χ3n) is 4.77. The highest BCUT2D eigenvalue weighted by atomic mass is 35.5. The summed E-state index contributed by atoms with van der Waals surface area (Å²) in [5.74, 6) is -0.778. The maximum Gasteiger partial charge on any atom is 0.259 e. The zero-order chi connectivity index (χ0) is 22.0. The van der Waals surface area contributed by atoms with Crippen LogP contribution in [0.3, 0.4) is 0 Å². The molecule has 1 unspecified atom stereocenters. The first-order chi connectivity index (χ1) is 14.8. The lowest BCUT2D eigenvalue weighted by molar-refractivity contribution is 0.175. The molecule has 4 rings (SSSR count). The lowest BCUT2D eigenvalue weighted by Crippen LogP contribution is -2.41. The minimum absolute atomic E-state index is 0.240. The van der Waals surface area contributed by atoms with Gasteiger partial charge in [-0.05, 0) is 36.4 Å². The molecule has 1 atom stereocenters. The molecule has 1 aliphatic rings. The number of ether oxygens (including phenoxy) is 1. The van der Waals surface area contributed by atoms with E-state index in [-0.39, 0.29) is 12.5 Å². The normalized spacial score (nSPS) is 16.7. The number of hydrogen-bond acceptors (Lipinski definition) is 6. The minimum atomic E-state index is -3.51. The first kappa shape index (κ1) is 21.5. The summed E-state index contributed by atoms with van der Waals surface area (Å²) in [5, 5.41) is 13.9. The van der Waals surface area contributed by atoms with E-state index in [1.54, 1.807) is 42.5 Å². The summed E-state index contributed by atoms with van der Waals surface area (Å²) in [6.07, 6.45) is 0.288. The Bertz CT molecular complexity index is 1190. The highest BCUT2D eigenvalue weighted by Gasteiger charge is 2.26. The van der Waals surface area contributed by atoms with Crippen molar-refractivity contribution in [1.29, 1.82) is 0 Å². The molecule has 1 saturated heterocycles. The number of nitrogens with zero attached hydrogens (tertiary/aromatic N) is 2. The van der Waals surface area contributed by atoms with E-state index in [0.717, 1.165) is 0 Å². The van der Waals surface area contributed by atoms with E-state index in [9.17, 15) is 17.9 Å². The SMILES string of the molecule is O=S1(=O)COCCN1c1ccc(C(O)Nc2ccc(Cl)c(-c3cc(F)ccn3)c2)cc1. The van der Waals surface area contributed by atoms with Gasteiger partial charge < -0.3 is 15.2 Å². The lowest BCUT2D eigenvalue weighted by atomic mass is 10.1. The molecule has 31 heavy (non-hydrogen) atoms. The third kappa shape index (κ3) is 4.80. The van der Waals surface area contributed by atoms with Crippen LogP contribution in [0.5, 0.6) is 0 Å². The fraction of sp³-hybridized carbons (Fsp3) is 0.190. The van der Waals surface area contributed by atoms with Gasteiger partial charge in [0.05, 0.1) is 29.6 Å². The summed E-state index contributed by atoms with van der Waals surface area (Å²) in [7, 11) is -3.51. The Morgan fingerprint density at radius 3 is 2.65 bits per heavy atom. The molecule has 1 fully saturated rings. The van der Waals surface area contributed by atoms with Gasteiger partial charge in [-0.15, -0.1) is 0 Å². The van der Waals surface area contributed by atoms with E-state index < -0.39 is 22.1 Å². The van der Waals surface area contributed by atoms with Crippen molar-refractivity contribution in [3.05, 3.63) is 77.2 Å². The van der Waals surface area contributed by atoms with Gasteiger partial charge in [-0.25, -0.2) is 12.8 Å². The van der Waals surface area contributed by atoms with Crippen molar-refractivity contribution in [1.82, 2.24) is 4.98 Å². The number of rotatable bonds is 5. The molecule has 3 aromatic rings. The van der Waals surface area contributed by atoms with Crippen LogP contribution in [0.2, 0.25) is 5.02 Å². The monoisotopic (exact) mass is 463 g/mol. The summed E-state index contributed by atoms with van der Waals surface area (Å²) in [6, 6.07) is 14.1. The van der Waals surface area contributed by atoms with Gasteiger partial charge in [-0.1, -0.05) is 23.7 Å². The van der Waals surface area contributed by atoms with E-state index in [4.69, 9.17) is 16.3 Å². The molecular weight excluding hydrogens is 445 g/mol. The summed E-state index contributed by atoms with van der Waals surface area (Å²) in [6.45, 7) is 0.564. The Hall–Kier alpha value is -2.72. The molecule has 2 aromatic carbocycles. The Morgan fingerprint density at radius 1 is 1.16 bits per heavy atom.